The van der Waals surface area contributed by atoms with Crippen molar-refractivity contribution in [3.63, 3.8) is 0 Å². The quantitative estimate of drug-likeness (QED) is 0.309. The molecule has 3 amide bonds. The number of hydrogen-bond acceptors (Lipinski definition) is 6. The minimum absolute atomic E-state index is 0.0578. The maximum atomic E-state index is 13.9. The Bertz CT molecular complexity index is 1480. The molecule has 10 heteroatoms. The number of benzene rings is 3. The fourth-order valence-corrected chi connectivity index (χ4v) is 6.06. The van der Waals surface area contributed by atoms with Gasteiger partial charge < -0.3 is 15.5 Å². The largest absolute Gasteiger partial charge is 0.504 e. The van der Waals surface area contributed by atoms with Gasteiger partial charge in [-0.15, -0.1) is 0 Å². The first-order chi connectivity index (χ1) is 17.7. The summed E-state index contributed by atoms with van der Waals surface area (Å²) in [5, 5.41) is 26.2. The minimum Gasteiger partial charge on any atom is -0.504 e. The Balaban J connectivity index is 1.44. The van der Waals surface area contributed by atoms with E-state index < -0.39 is 47.0 Å². The van der Waals surface area contributed by atoms with E-state index >= 15 is 0 Å². The predicted molar refractivity (Wildman–Crippen MR) is 131 cm³/mol. The summed E-state index contributed by atoms with van der Waals surface area (Å²) in [7, 11) is 0. The molecule has 3 aromatic carbocycles. The van der Waals surface area contributed by atoms with Gasteiger partial charge in [0.2, 0.25) is 17.7 Å². The number of anilines is 1. The summed E-state index contributed by atoms with van der Waals surface area (Å²) in [6.07, 6.45) is 0.198. The van der Waals surface area contributed by atoms with Crippen molar-refractivity contribution in [3.05, 3.63) is 88.2 Å². The fraction of sp³-hybridized carbons (Fsp3) is 0.222. The van der Waals surface area contributed by atoms with Crippen molar-refractivity contribution in [1.82, 2.24) is 10.2 Å². The summed E-state index contributed by atoms with van der Waals surface area (Å²) >= 11 is 6.28. The van der Waals surface area contributed by atoms with E-state index in [1.807, 2.05) is 0 Å². The van der Waals surface area contributed by atoms with Crippen LogP contribution in [0.4, 0.5) is 10.1 Å². The van der Waals surface area contributed by atoms with Crippen molar-refractivity contribution in [2.45, 2.75) is 24.5 Å². The molecular weight excluding hydrogens is 501 g/mol. The predicted octanol–water partition coefficient (Wildman–Crippen LogP) is 3.05. The average Bonchev–Trinajstić information content (AvgIpc) is 3.43. The van der Waals surface area contributed by atoms with Crippen molar-refractivity contribution in [2.75, 3.05) is 5.32 Å². The Morgan fingerprint density at radius 2 is 1.65 bits per heavy atom. The first-order valence-electron chi connectivity index (χ1n) is 11.7. The third kappa shape index (κ3) is 3.49. The topological polar surface area (TPSA) is 119 Å². The zero-order valence-corrected chi connectivity index (χ0v) is 20.0. The number of likely N-dealkylation sites (tertiary alicyclic amines) is 1. The highest BCUT2D eigenvalue weighted by Gasteiger charge is 2.70. The van der Waals surface area contributed by atoms with Gasteiger partial charge in [0.05, 0.1) is 18.4 Å². The summed E-state index contributed by atoms with van der Waals surface area (Å²) in [5.74, 6) is -4.38. The number of halogens is 2. The van der Waals surface area contributed by atoms with Gasteiger partial charge in [0.1, 0.15) is 11.4 Å². The van der Waals surface area contributed by atoms with E-state index in [0.29, 0.717) is 27.4 Å². The molecule has 3 aliphatic heterocycles. The molecule has 3 heterocycles. The molecule has 1 spiro atoms. The molecule has 6 rings (SSSR count). The molecule has 188 valence electrons. The molecule has 0 saturated carbocycles. The van der Waals surface area contributed by atoms with Crippen LogP contribution >= 0.6 is 11.6 Å². The zero-order valence-electron chi connectivity index (χ0n) is 19.2. The van der Waals surface area contributed by atoms with Crippen LogP contribution in [0, 0.1) is 17.7 Å². The van der Waals surface area contributed by atoms with E-state index in [1.165, 1.54) is 36.4 Å². The van der Waals surface area contributed by atoms with E-state index in [0.717, 1.165) is 4.90 Å². The number of hydrogen-bond donors (Lipinski definition) is 4. The van der Waals surface area contributed by atoms with Crippen LogP contribution < -0.4 is 10.6 Å². The lowest BCUT2D eigenvalue weighted by atomic mass is 9.76. The highest BCUT2D eigenvalue weighted by Crippen LogP contribution is 2.54. The molecule has 0 bridgehead atoms. The maximum Gasteiger partial charge on any atom is 0.250 e. The van der Waals surface area contributed by atoms with Gasteiger partial charge in [-0.3, -0.25) is 24.6 Å². The van der Waals surface area contributed by atoms with Gasteiger partial charge >= 0.3 is 0 Å². The van der Waals surface area contributed by atoms with Crippen molar-refractivity contribution in [3.8, 4) is 11.5 Å². The smallest absolute Gasteiger partial charge is 0.250 e. The number of nitrogens with one attached hydrogen (secondary N) is 2. The SMILES string of the molecule is O=C1[C@H]2[C@@H](C(=O)N1Cc1ccc(F)cc1)[C@]1(N[C@@H]2Cc2ccc(O)c(O)c2)C(=O)Nc2ccc(Cl)cc21. The Labute approximate surface area is 215 Å². The molecule has 2 fully saturated rings. The lowest BCUT2D eigenvalue weighted by molar-refractivity contribution is -0.143. The van der Waals surface area contributed by atoms with E-state index in [2.05, 4.69) is 10.6 Å². The first kappa shape index (κ1) is 23.4. The molecule has 0 unspecified atom stereocenters. The zero-order chi connectivity index (χ0) is 26.1. The van der Waals surface area contributed by atoms with Gasteiger partial charge in [0.15, 0.2) is 11.5 Å². The second-order valence-electron chi connectivity index (χ2n) is 9.62. The highest BCUT2D eigenvalue weighted by molar-refractivity contribution is 6.31. The van der Waals surface area contributed by atoms with Gasteiger partial charge in [0, 0.05) is 22.3 Å². The normalized spacial score (nSPS) is 26.1. The summed E-state index contributed by atoms with van der Waals surface area (Å²) in [4.78, 5) is 42.3. The Hall–Kier alpha value is -3.95. The van der Waals surface area contributed by atoms with Crippen LogP contribution in [0.1, 0.15) is 16.7 Å². The van der Waals surface area contributed by atoms with Gasteiger partial charge in [-0.1, -0.05) is 29.8 Å². The van der Waals surface area contributed by atoms with Crippen LogP contribution in [0.2, 0.25) is 5.02 Å². The number of phenolic OH excluding ortho intramolecular Hbond substituents is 2. The number of carbonyl (C=O) groups is 3. The summed E-state index contributed by atoms with van der Waals surface area (Å²) in [6.45, 7) is -0.0578. The van der Waals surface area contributed by atoms with Crippen LogP contribution in [0.25, 0.3) is 0 Å². The van der Waals surface area contributed by atoms with Crippen molar-refractivity contribution in [2.24, 2.45) is 11.8 Å². The number of aromatic hydroxyl groups is 2. The highest BCUT2D eigenvalue weighted by atomic mass is 35.5. The molecule has 4 atom stereocenters. The number of rotatable bonds is 4. The number of carbonyl (C=O) groups excluding carboxylic acids is 3. The molecular formula is C27H21ClFN3O5. The summed E-state index contributed by atoms with van der Waals surface area (Å²) in [5.41, 5.74) is 0.635. The molecule has 4 N–H and O–H groups in total. The Morgan fingerprint density at radius 3 is 2.38 bits per heavy atom. The lowest BCUT2D eigenvalue weighted by Crippen LogP contribution is -2.53. The molecule has 0 radical (unpaired) electrons. The van der Waals surface area contributed by atoms with E-state index in [-0.39, 0.29) is 24.5 Å². The second kappa shape index (κ2) is 8.29. The van der Waals surface area contributed by atoms with Gasteiger partial charge in [0.25, 0.3) is 0 Å². The molecule has 8 nitrogen and oxygen atoms in total. The molecule has 2 saturated heterocycles. The second-order valence-corrected chi connectivity index (χ2v) is 10.1. The number of imide groups is 1. The Kier molecular flexibility index (Phi) is 5.25. The molecule has 3 aliphatic rings. The standard InChI is InChI=1S/C27H21ClFN3O5/c28-15-4-7-18-17(11-15)27(26(37)30-18)23-22(19(31-27)9-14-3-8-20(33)21(34)10-14)24(35)32(25(23)36)12-13-1-5-16(29)6-2-13/h1-8,10-11,19,22-23,31,33-34H,9,12H2,(H,30,37)/t19-,22-,23+,27+/m1/s1. The minimum atomic E-state index is -1.53. The first-order valence-corrected chi connectivity index (χ1v) is 12.1. The summed E-state index contributed by atoms with van der Waals surface area (Å²) < 4.78 is 13.4. The molecule has 0 aliphatic carbocycles. The van der Waals surface area contributed by atoms with Crippen LogP contribution in [0.5, 0.6) is 11.5 Å². The fourth-order valence-electron chi connectivity index (χ4n) is 5.89. The Morgan fingerprint density at radius 1 is 0.919 bits per heavy atom. The third-order valence-electron chi connectivity index (χ3n) is 7.52. The molecule has 0 aromatic heterocycles. The number of amides is 3. The van der Waals surface area contributed by atoms with Crippen LogP contribution in [-0.2, 0) is 32.9 Å². The van der Waals surface area contributed by atoms with Crippen molar-refractivity contribution < 1.29 is 29.0 Å². The lowest BCUT2D eigenvalue weighted by Gasteiger charge is -2.29. The van der Waals surface area contributed by atoms with Crippen molar-refractivity contribution in [1.29, 1.82) is 0 Å². The summed E-state index contributed by atoms with van der Waals surface area (Å²) in [6, 6.07) is 14.1. The van der Waals surface area contributed by atoms with Crippen LogP contribution in [-0.4, -0.2) is 38.9 Å². The van der Waals surface area contributed by atoms with E-state index in [1.54, 1.807) is 24.3 Å². The van der Waals surface area contributed by atoms with Gasteiger partial charge in [-0.25, -0.2) is 4.39 Å². The van der Waals surface area contributed by atoms with Crippen molar-refractivity contribution >= 4 is 35.0 Å². The maximum absolute atomic E-state index is 13.9. The van der Waals surface area contributed by atoms with E-state index in [9.17, 15) is 29.0 Å². The van der Waals surface area contributed by atoms with Crippen LogP contribution in [0.3, 0.4) is 0 Å². The molecule has 37 heavy (non-hydrogen) atoms. The van der Waals surface area contributed by atoms with Crippen LogP contribution in [0.15, 0.2) is 60.7 Å². The number of nitrogens with zero attached hydrogens (tertiary/aromatic N) is 1. The number of fused-ring (bicyclic) bond motifs is 4. The average molecular weight is 522 g/mol. The van der Waals surface area contributed by atoms with Gasteiger partial charge in [-0.2, -0.15) is 0 Å². The number of phenols is 2. The monoisotopic (exact) mass is 521 g/mol. The van der Waals surface area contributed by atoms with Gasteiger partial charge in [-0.05, 0) is 60.0 Å². The molecule has 3 aromatic rings. The van der Waals surface area contributed by atoms with E-state index in [4.69, 9.17) is 11.6 Å². The third-order valence-corrected chi connectivity index (χ3v) is 7.75.